The van der Waals surface area contributed by atoms with Crippen molar-refractivity contribution in [2.45, 2.75) is 32.4 Å². The minimum atomic E-state index is -0.625. The third kappa shape index (κ3) is 3.79. The third-order valence-corrected chi connectivity index (χ3v) is 6.45. The number of nitrogens with zero attached hydrogens (tertiary/aromatic N) is 5. The lowest BCUT2D eigenvalue weighted by Gasteiger charge is -2.24. The van der Waals surface area contributed by atoms with Crippen LogP contribution in [0.25, 0.3) is 22.0 Å². The molecule has 6 heterocycles. The number of ether oxygens (including phenoxy) is 1. The SMILES string of the molecule is Cc1c(-c2cc3cc(Nc4cc5n(n4)CC(=O)NCC5)ncc3c(N)n2)cnc2c1[C@H](O)CCO2. The first-order valence-electron chi connectivity index (χ1n) is 11.4. The molecule has 0 unspecified atom stereocenters. The lowest BCUT2D eigenvalue weighted by Crippen LogP contribution is -2.25. The summed E-state index contributed by atoms with van der Waals surface area (Å²) >= 11 is 0. The number of aromatic nitrogens is 5. The van der Waals surface area contributed by atoms with Crippen LogP contribution in [-0.2, 0) is 17.8 Å². The maximum Gasteiger partial charge on any atom is 0.241 e. The summed E-state index contributed by atoms with van der Waals surface area (Å²) in [7, 11) is 0. The lowest BCUT2D eigenvalue weighted by molar-refractivity contribution is -0.121. The van der Waals surface area contributed by atoms with Crippen LogP contribution in [0.5, 0.6) is 5.88 Å². The topological polar surface area (TPSA) is 153 Å². The van der Waals surface area contributed by atoms with Gasteiger partial charge in [-0.05, 0) is 30.0 Å². The van der Waals surface area contributed by atoms with Gasteiger partial charge in [-0.15, -0.1) is 0 Å². The molecule has 2 aliphatic rings. The largest absolute Gasteiger partial charge is 0.477 e. The number of fused-ring (bicyclic) bond motifs is 3. The Morgan fingerprint density at radius 1 is 1.23 bits per heavy atom. The number of nitrogens with two attached hydrogens (primary N) is 1. The van der Waals surface area contributed by atoms with Gasteiger partial charge in [-0.1, -0.05) is 0 Å². The first kappa shape index (κ1) is 21.3. The number of pyridine rings is 3. The summed E-state index contributed by atoms with van der Waals surface area (Å²) in [5, 5.41) is 22.6. The molecule has 1 amide bonds. The summed E-state index contributed by atoms with van der Waals surface area (Å²) in [6.45, 7) is 3.16. The van der Waals surface area contributed by atoms with E-state index in [1.807, 2.05) is 25.1 Å². The molecule has 5 N–H and O–H groups in total. The molecule has 0 radical (unpaired) electrons. The average molecular weight is 473 g/mol. The lowest BCUT2D eigenvalue weighted by atomic mass is 9.95. The number of hydrogen-bond donors (Lipinski definition) is 4. The van der Waals surface area contributed by atoms with E-state index in [-0.39, 0.29) is 12.5 Å². The van der Waals surface area contributed by atoms with Gasteiger partial charge in [0, 0.05) is 60.1 Å². The van der Waals surface area contributed by atoms with Gasteiger partial charge in [0.15, 0.2) is 5.82 Å². The fourth-order valence-electron chi connectivity index (χ4n) is 4.66. The van der Waals surface area contributed by atoms with Crippen molar-refractivity contribution in [3.8, 4) is 17.1 Å². The highest BCUT2D eigenvalue weighted by atomic mass is 16.5. The molecule has 0 saturated carbocycles. The number of carbonyl (C=O) groups excluding carboxylic acids is 1. The Hall–Kier alpha value is -4.25. The smallest absolute Gasteiger partial charge is 0.241 e. The Balaban J connectivity index is 1.36. The molecule has 4 aromatic rings. The van der Waals surface area contributed by atoms with Gasteiger partial charge in [0.25, 0.3) is 0 Å². The van der Waals surface area contributed by atoms with Gasteiger partial charge in [0.1, 0.15) is 18.2 Å². The van der Waals surface area contributed by atoms with Crippen LogP contribution in [-0.4, -0.2) is 48.9 Å². The maximum atomic E-state index is 11.8. The molecular formula is C24H24N8O3. The molecule has 0 aliphatic carbocycles. The molecule has 11 nitrogen and oxygen atoms in total. The van der Waals surface area contributed by atoms with E-state index < -0.39 is 6.10 Å². The Morgan fingerprint density at radius 3 is 3.00 bits per heavy atom. The molecule has 0 aromatic carbocycles. The Kier molecular flexibility index (Phi) is 4.99. The second-order valence-electron chi connectivity index (χ2n) is 8.76. The van der Waals surface area contributed by atoms with Gasteiger partial charge >= 0.3 is 0 Å². The highest BCUT2D eigenvalue weighted by molar-refractivity contribution is 5.95. The van der Waals surface area contributed by atoms with E-state index in [4.69, 9.17) is 10.5 Å². The number of nitrogen functional groups attached to an aromatic ring is 1. The van der Waals surface area contributed by atoms with Crippen molar-refractivity contribution >= 4 is 34.1 Å². The summed E-state index contributed by atoms with van der Waals surface area (Å²) in [5.41, 5.74) is 10.3. The van der Waals surface area contributed by atoms with E-state index in [9.17, 15) is 9.90 Å². The van der Waals surface area contributed by atoms with E-state index in [0.29, 0.717) is 60.6 Å². The van der Waals surface area contributed by atoms with Gasteiger partial charge in [0.2, 0.25) is 11.8 Å². The number of nitrogens with one attached hydrogen (secondary N) is 2. The molecule has 0 saturated heterocycles. The van der Waals surface area contributed by atoms with Crippen LogP contribution < -0.4 is 21.1 Å². The molecule has 2 aliphatic heterocycles. The number of amides is 1. The van der Waals surface area contributed by atoms with Crippen molar-refractivity contribution < 1.29 is 14.6 Å². The quantitative estimate of drug-likeness (QED) is 0.351. The molecule has 0 spiro atoms. The minimum absolute atomic E-state index is 0.0521. The monoisotopic (exact) mass is 472 g/mol. The first-order chi connectivity index (χ1) is 17.0. The van der Waals surface area contributed by atoms with Crippen LogP contribution in [0.4, 0.5) is 17.5 Å². The fraction of sp³-hybridized carbons (Fsp3) is 0.292. The number of rotatable bonds is 3. The summed E-state index contributed by atoms with van der Waals surface area (Å²) in [6, 6.07) is 5.74. The van der Waals surface area contributed by atoms with Crippen molar-refractivity contribution in [3.63, 3.8) is 0 Å². The normalized spacial score (nSPS) is 17.2. The maximum absolute atomic E-state index is 11.8. The van der Waals surface area contributed by atoms with Crippen LogP contribution in [0.3, 0.4) is 0 Å². The molecule has 6 rings (SSSR count). The number of carbonyl (C=O) groups is 1. The zero-order valence-electron chi connectivity index (χ0n) is 19.1. The zero-order valence-corrected chi connectivity index (χ0v) is 19.1. The zero-order chi connectivity index (χ0) is 24.1. The van der Waals surface area contributed by atoms with Gasteiger partial charge in [-0.2, -0.15) is 5.10 Å². The molecule has 4 aromatic heterocycles. The molecule has 178 valence electrons. The van der Waals surface area contributed by atoms with Crippen molar-refractivity contribution in [1.82, 2.24) is 30.0 Å². The van der Waals surface area contributed by atoms with E-state index in [2.05, 4.69) is 30.7 Å². The van der Waals surface area contributed by atoms with E-state index in [0.717, 1.165) is 27.6 Å². The number of anilines is 3. The van der Waals surface area contributed by atoms with Crippen LogP contribution in [0.2, 0.25) is 0 Å². The second kappa shape index (κ2) is 8.20. The highest BCUT2D eigenvalue weighted by Gasteiger charge is 2.25. The standard InChI is InChI=1S/C24H24N8O3/c1-12-15(9-28-24-22(12)18(33)3-5-35-24)17-6-13-7-19(27-10-16(13)23(25)29-17)30-20-8-14-2-4-26-21(34)11-32(14)31-20/h6-10,18,33H,2-5,11H2,1H3,(H2,25,29)(H,26,34)(H,27,30,31)/t18-/m1/s1. The van der Waals surface area contributed by atoms with E-state index >= 15 is 0 Å². The van der Waals surface area contributed by atoms with E-state index in [1.54, 1.807) is 17.1 Å². The van der Waals surface area contributed by atoms with Crippen LogP contribution in [0.15, 0.2) is 30.6 Å². The fourth-order valence-corrected chi connectivity index (χ4v) is 4.66. The van der Waals surface area contributed by atoms with Crippen molar-refractivity contribution in [1.29, 1.82) is 0 Å². The van der Waals surface area contributed by atoms with Crippen molar-refractivity contribution in [2.24, 2.45) is 0 Å². The van der Waals surface area contributed by atoms with Crippen LogP contribution in [0.1, 0.15) is 29.3 Å². The molecule has 35 heavy (non-hydrogen) atoms. The van der Waals surface area contributed by atoms with Gasteiger partial charge in [0.05, 0.1) is 18.4 Å². The average Bonchev–Trinajstić information content (AvgIpc) is 3.10. The van der Waals surface area contributed by atoms with Gasteiger partial charge in [-0.25, -0.2) is 15.0 Å². The summed E-state index contributed by atoms with van der Waals surface area (Å²) in [4.78, 5) is 25.3. The molecule has 0 fully saturated rings. The summed E-state index contributed by atoms with van der Waals surface area (Å²) in [5.74, 6) is 1.97. The Bertz CT molecular complexity index is 1480. The third-order valence-electron chi connectivity index (χ3n) is 6.45. The number of hydrogen-bond acceptors (Lipinski definition) is 9. The predicted octanol–water partition coefficient (Wildman–Crippen LogP) is 2.01. The minimum Gasteiger partial charge on any atom is -0.477 e. The summed E-state index contributed by atoms with van der Waals surface area (Å²) in [6.07, 6.45) is 3.99. The first-order valence-corrected chi connectivity index (χ1v) is 11.4. The second-order valence-corrected chi connectivity index (χ2v) is 8.76. The predicted molar refractivity (Wildman–Crippen MR) is 129 cm³/mol. The number of aliphatic hydroxyl groups excluding tert-OH is 1. The Morgan fingerprint density at radius 2 is 2.11 bits per heavy atom. The van der Waals surface area contributed by atoms with Gasteiger partial charge < -0.3 is 26.2 Å². The highest BCUT2D eigenvalue weighted by Crippen LogP contribution is 2.38. The number of aliphatic hydroxyl groups is 1. The van der Waals surface area contributed by atoms with Gasteiger partial charge in [-0.3, -0.25) is 9.48 Å². The van der Waals surface area contributed by atoms with Crippen molar-refractivity contribution in [2.75, 3.05) is 24.2 Å². The van der Waals surface area contributed by atoms with E-state index in [1.165, 1.54) is 0 Å². The molecule has 1 atom stereocenters. The molecule has 0 bridgehead atoms. The molecular weight excluding hydrogens is 448 g/mol. The molecule has 11 heteroatoms. The summed E-state index contributed by atoms with van der Waals surface area (Å²) < 4.78 is 7.32. The van der Waals surface area contributed by atoms with Crippen LogP contribution in [0, 0.1) is 6.92 Å². The Labute approximate surface area is 200 Å². The van der Waals surface area contributed by atoms with Crippen LogP contribution >= 0.6 is 0 Å². The van der Waals surface area contributed by atoms with Crippen molar-refractivity contribution in [3.05, 3.63) is 47.4 Å².